The van der Waals surface area contributed by atoms with E-state index in [4.69, 9.17) is 17.5 Å². The first-order chi connectivity index (χ1) is 2.00. The maximum Gasteiger partial charge on any atom is 3.00 e. The molecule has 0 bridgehead atoms. The zero-order valence-corrected chi connectivity index (χ0v) is 5.04. The standard InChI is InChI=1S/Al.H2O4S.O/c;1-5(2,3)4;/h;(H2,1,2,3,4);/q+3;;-2/p-1. The van der Waals surface area contributed by atoms with Crippen LogP contribution in [0.2, 0.25) is 0 Å². The molecule has 0 aliphatic carbocycles. The van der Waals surface area contributed by atoms with Crippen LogP contribution in [0.25, 0.3) is 0 Å². The van der Waals surface area contributed by atoms with Crippen LogP contribution in [0.3, 0.4) is 0 Å². The molecule has 0 atom stereocenters. The topological polar surface area (TPSA) is 106 Å². The van der Waals surface area contributed by atoms with E-state index in [0.717, 1.165) is 0 Å². The Labute approximate surface area is 51.4 Å². The van der Waals surface area contributed by atoms with Gasteiger partial charge in [0.2, 0.25) is 10.4 Å². The summed E-state index contributed by atoms with van der Waals surface area (Å²) in [6, 6.07) is 0. The second kappa shape index (κ2) is 4.52. The fraction of sp³-hybridized carbons (Fsp3) is 0. The molecule has 0 fully saturated rings. The van der Waals surface area contributed by atoms with Gasteiger partial charge >= 0.3 is 17.4 Å². The fourth-order valence-electron chi connectivity index (χ4n) is 0. The summed E-state index contributed by atoms with van der Waals surface area (Å²) in [7, 11) is -4.92. The largest absolute Gasteiger partial charge is 3.00 e. The van der Waals surface area contributed by atoms with Crippen molar-refractivity contribution in [3.05, 3.63) is 0 Å². The predicted octanol–water partition coefficient (Wildman–Crippen LogP) is -1.49. The van der Waals surface area contributed by atoms with Gasteiger partial charge in [0.15, 0.2) is 0 Å². The van der Waals surface area contributed by atoms with E-state index >= 15 is 0 Å². The minimum Gasteiger partial charge on any atom is -2.00 e. The van der Waals surface area contributed by atoms with Crippen molar-refractivity contribution < 1.29 is 23.0 Å². The summed E-state index contributed by atoms with van der Waals surface area (Å²) in [5, 5.41) is 0. The maximum absolute atomic E-state index is 8.63. The predicted molar refractivity (Wildman–Crippen MR) is 18.8 cm³/mol. The third-order valence-electron chi connectivity index (χ3n) is 0. The smallest absolute Gasteiger partial charge is 2.00 e. The van der Waals surface area contributed by atoms with Gasteiger partial charge < -0.3 is 10.0 Å². The summed E-state index contributed by atoms with van der Waals surface area (Å²) >= 11 is 0. The van der Waals surface area contributed by atoms with Crippen molar-refractivity contribution in [2.45, 2.75) is 0 Å². The average Bonchev–Trinajstić information content (AvgIpc) is 0.722. The fourth-order valence-corrected chi connectivity index (χ4v) is 0. The third-order valence-corrected chi connectivity index (χ3v) is 0. The molecule has 0 aromatic rings. The zero-order chi connectivity index (χ0) is 4.50. The van der Waals surface area contributed by atoms with E-state index in [0.29, 0.717) is 0 Å². The molecule has 7 heavy (non-hydrogen) atoms. The minimum atomic E-state index is -4.92. The van der Waals surface area contributed by atoms with Crippen molar-refractivity contribution in [1.29, 1.82) is 0 Å². The summed E-state index contributed by atoms with van der Waals surface area (Å²) in [6.45, 7) is 0. The Hall–Kier alpha value is 0.362. The molecule has 0 amide bonds. The monoisotopic (exact) mass is 140 g/mol. The van der Waals surface area contributed by atoms with E-state index in [1.807, 2.05) is 0 Å². The summed E-state index contributed by atoms with van der Waals surface area (Å²) in [4.78, 5) is 0. The van der Waals surface area contributed by atoms with Crippen LogP contribution in [-0.4, -0.2) is 34.9 Å². The Morgan fingerprint density at radius 1 is 1.43 bits per heavy atom. The zero-order valence-electron chi connectivity index (χ0n) is 3.07. The third kappa shape index (κ3) is 922. The van der Waals surface area contributed by atoms with Gasteiger partial charge in [0.1, 0.15) is 0 Å². The molecule has 0 aromatic carbocycles. The van der Waals surface area contributed by atoms with Gasteiger partial charge in [-0.15, -0.1) is 0 Å². The maximum atomic E-state index is 8.63. The molecule has 0 spiro atoms. The molecule has 7 heteroatoms. The molecule has 0 aliphatic heterocycles. The molecule has 0 rings (SSSR count). The second-order valence-corrected chi connectivity index (χ2v) is 1.28. The van der Waals surface area contributed by atoms with E-state index in [9.17, 15) is 0 Å². The van der Waals surface area contributed by atoms with Gasteiger partial charge in [0, 0.05) is 0 Å². The van der Waals surface area contributed by atoms with Gasteiger partial charge in [-0.2, -0.15) is 0 Å². The average molecular weight is 140 g/mol. The molecular weight excluding hydrogens is 139 g/mol. The van der Waals surface area contributed by atoms with Crippen LogP contribution in [0.4, 0.5) is 0 Å². The Morgan fingerprint density at radius 2 is 1.43 bits per heavy atom. The summed E-state index contributed by atoms with van der Waals surface area (Å²) in [5.41, 5.74) is 0. The number of hydrogen-bond donors (Lipinski definition) is 1. The van der Waals surface area contributed by atoms with Crippen LogP contribution in [0.1, 0.15) is 0 Å². The van der Waals surface area contributed by atoms with Crippen molar-refractivity contribution in [1.82, 2.24) is 0 Å². The second-order valence-electron chi connectivity index (χ2n) is 0.428. The number of hydrogen-bond acceptors (Lipinski definition) is 3. The van der Waals surface area contributed by atoms with E-state index in [1.165, 1.54) is 0 Å². The minimum absolute atomic E-state index is 0. The van der Waals surface area contributed by atoms with Gasteiger partial charge in [-0.25, -0.2) is 8.42 Å². The van der Waals surface area contributed by atoms with Gasteiger partial charge in [-0.1, -0.05) is 0 Å². The molecule has 1 N–H and O–H groups in total. The quantitative estimate of drug-likeness (QED) is 0.251. The Bertz CT molecular complexity index is 91.2. The Kier molecular flexibility index (Phi) is 10.1. The van der Waals surface area contributed by atoms with Crippen molar-refractivity contribution in [3.8, 4) is 0 Å². The van der Waals surface area contributed by atoms with Crippen LogP contribution >= 0.6 is 0 Å². The molecule has 5 nitrogen and oxygen atoms in total. The summed E-state index contributed by atoms with van der Waals surface area (Å²) in [6.07, 6.45) is 0. The van der Waals surface area contributed by atoms with Gasteiger partial charge in [0.25, 0.3) is 0 Å². The van der Waals surface area contributed by atoms with E-state index < -0.39 is 10.4 Å². The number of rotatable bonds is 0. The first-order valence-corrected chi connectivity index (χ1v) is 2.05. The van der Waals surface area contributed by atoms with Gasteiger partial charge in [0.05, 0.1) is 0 Å². The molecule has 0 saturated carbocycles. The Morgan fingerprint density at radius 3 is 1.43 bits per heavy atom. The van der Waals surface area contributed by atoms with Crippen molar-refractivity contribution in [2.24, 2.45) is 0 Å². The van der Waals surface area contributed by atoms with Crippen LogP contribution < -0.4 is 0 Å². The summed E-state index contributed by atoms with van der Waals surface area (Å²) in [5.74, 6) is 0. The molecule has 40 valence electrons. The first-order valence-electron chi connectivity index (χ1n) is 0.683. The van der Waals surface area contributed by atoms with Crippen LogP contribution in [0.5, 0.6) is 0 Å². The molecule has 0 radical (unpaired) electrons. The first kappa shape index (κ1) is 15.7. The SMILES string of the molecule is O=S(=O)([O-])O.[Al+3].[O-2]. The van der Waals surface area contributed by atoms with Crippen LogP contribution in [0, 0.1) is 0 Å². The van der Waals surface area contributed by atoms with E-state index in [-0.39, 0.29) is 22.8 Å². The normalized spacial score (nSPS) is 8.29. The van der Waals surface area contributed by atoms with E-state index in [2.05, 4.69) is 0 Å². The van der Waals surface area contributed by atoms with Crippen molar-refractivity contribution in [2.75, 3.05) is 0 Å². The van der Waals surface area contributed by atoms with Crippen LogP contribution in [0.15, 0.2) is 0 Å². The van der Waals surface area contributed by atoms with Gasteiger partial charge in [-0.3, -0.25) is 4.55 Å². The molecule has 0 saturated heterocycles. The molecule has 0 heterocycles. The van der Waals surface area contributed by atoms with Crippen LogP contribution in [-0.2, 0) is 15.9 Å². The van der Waals surface area contributed by atoms with Gasteiger partial charge in [-0.05, 0) is 0 Å². The molecule has 0 unspecified atom stereocenters. The molecule has 0 aliphatic rings. The Balaban J connectivity index is -0.0000000800. The van der Waals surface area contributed by atoms with E-state index in [1.54, 1.807) is 0 Å². The van der Waals surface area contributed by atoms with Crippen molar-refractivity contribution >= 4 is 27.8 Å². The summed E-state index contributed by atoms with van der Waals surface area (Å²) < 4.78 is 32.8. The van der Waals surface area contributed by atoms with Crippen molar-refractivity contribution in [3.63, 3.8) is 0 Å². The molecule has 0 aromatic heterocycles. The molecular formula is HAlO5S.